The first-order valence-corrected chi connectivity index (χ1v) is 9.29. The first kappa shape index (κ1) is 18.6. The molecule has 2 saturated carbocycles. The number of hydrogen-bond acceptors (Lipinski definition) is 7. The van der Waals surface area contributed by atoms with Gasteiger partial charge in [-0.05, 0) is 38.5 Å². The average molecular weight is 361 g/mol. The molecule has 1 unspecified atom stereocenters. The summed E-state index contributed by atoms with van der Waals surface area (Å²) in [6, 6.07) is 0.263. The molecule has 0 radical (unpaired) electrons. The molecule has 26 heavy (non-hydrogen) atoms. The molecule has 1 aromatic heterocycles. The number of rotatable bonds is 6. The fourth-order valence-electron chi connectivity index (χ4n) is 3.71. The number of ketones is 1. The predicted octanol–water partition coefficient (Wildman–Crippen LogP) is 1.87. The molecule has 2 aliphatic rings. The zero-order valence-electron chi connectivity index (χ0n) is 15.2. The number of nitrogens with one attached hydrogen (secondary N) is 2. The lowest BCUT2D eigenvalue weighted by Crippen LogP contribution is -2.31. The van der Waals surface area contributed by atoms with Crippen LogP contribution < -0.4 is 16.4 Å². The van der Waals surface area contributed by atoms with Gasteiger partial charge in [-0.2, -0.15) is 4.98 Å². The molecule has 2 aliphatic carbocycles. The fourth-order valence-corrected chi connectivity index (χ4v) is 3.71. The second kappa shape index (κ2) is 8.44. The van der Waals surface area contributed by atoms with Crippen molar-refractivity contribution in [2.75, 3.05) is 17.7 Å². The second-order valence-corrected chi connectivity index (χ2v) is 7.15. The van der Waals surface area contributed by atoms with Crippen LogP contribution in [0, 0.1) is 0 Å². The maximum atomic E-state index is 11.7. The molecule has 1 aromatic rings. The number of aromatic nitrogens is 2. The summed E-state index contributed by atoms with van der Waals surface area (Å²) in [5.41, 5.74) is 5.70. The number of anilines is 2. The molecule has 0 aromatic carbocycles. The van der Waals surface area contributed by atoms with E-state index in [0.29, 0.717) is 30.7 Å². The van der Waals surface area contributed by atoms with Crippen molar-refractivity contribution in [3.05, 3.63) is 11.8 Å². The molecule has 0 saturated heterocycles. The van der Waals surface area contributed by atoms with Gasteiger partial charge in [-0.15, -0.1) is 0 Å². The Morgan fingerprint density at radius 1 is 1.19 bits per heavy atom. The lowest BCUT2D eigenvalue weighted by atomic mass is 9.93. The minimum absolute atomic E-state index is 0.0192. The van der Waals surface area contributed by atoms with Crippen molar-refractivity contribution in [3.8, 4) is 0 Å². The lowest BCUT2D eigenvalue weighted by Gasteiger charge is -2.28. The van der Waals surface area contributed by atoms with Gasteiger partial charge in [-0.3, -0.25) is 9.59 Å². The minimum atomic E-state index is -0.582. The van der Waals surface area contributed by atoms with Crippen LogP contribution in [-0.4, -0.2) is 47.0 Å². The van der Waals surface area contributed by atoms with Crippen LogP contribution in [0.4, 0.5) is 11.8 Å². The SMILES string of the molecule is COC1CCC(Nc2ncc(C(N)=O)c(NC3CCCC(=O)C3)n2)CC1. The van der Waals surface area contributed by atoms with Gasteiger partial charge < -0.3 is 21.1 Å². The standard InChI is InChI=1S/C18H27N5O3/c1-26-14-7-5-11(6-8-14)22-18-20-10-15(16(19)25)17(23-18)21-12-3-2-4-13(24)9-12/h10-12,14H,2-9H2,1H3,(H2,19,25)(H2,20,21,22,23). The summed E-state index contributed by atoms with van der Waals surface area (Å²) in [5, 5.41) is 6.56. The van der Waals surface area contributed by atoms with Crippen molar-refractivity contribution in [1.29, 1.82) is 0 Å². The maximum absolute atomic E-state index is 11.7. The lowest BCUT2D eigenvalue weighted by molar-refractivity contribution is -0.120. The Labute approximate surface area is 153 Å². The van der Waals surface area contributed by atoms with Crippen LogP contribution in [0.3, 0.4) is 0 Å². The largest absolute Gasteiger partial charge is 0.381 e. The second-order valence-electron chi connectivity index (χ2n) is 7.15. The molecule has 2 fully saturated rings. The first-order valence-electron chi connectivity index (χ1n) is 9.29. The van der Waals surface area contributed by atoms with E-state index in [0.717, 1.165) is 38.5 Å². The summed E-state index contributed by atoms with van der Waals surface area (Å²) < 4.78 is 5.40. The molecule has 1 heterocycles. The van der Waals surface area contributed by atoms with Crippen molar-refractivity contribution >= 4 is 23.5 Å². The summed E-state index contributed by atoms with van der Waals surface area (Å²) in [7, 11) is 1.75. The number of primary amides is 1. The summed E-state index contributed by atoms with van der Waals surface area (Å²) in [6.45, 7) is 0. The molecule has 4 N–H and O–H groups in total. The highest BCUT2D eigenvalue weighted by atomic mass is 16.5. The van der Waals surface area contributed by atoms with E-state index in [1.54, 1.807) is 7.11 Å². The van der Waals surface area contributed by atoms with Gasteiger partial charge in [-0.1, -0.05) is 0 Å². The number of hydrogen-bond donors (Lipinski definition) is 3. The van der Waals surface area contributed by atoms with Crippen molar-refractivity contribution in [3.63, 3.8) is 0 Å². The molecule has 1 amide bonds. The summed E-state index contributed by atoms with van der Waals surface area (Å²) >= 11 is 0. The van der Waals surface area contributed by atoms with E-state index in [-0.39, 0.29) is 23.4 Å². The van der Waals surface area contributed by atoms with Crippen LogP contribution in [0.2, 0.25) is 0 Å². The minimum Gasteiger partial charge on any atom is -0.381 e. The van der Waals surface area contributed by atoms with Gasteiger partial charge in [0.15, 0.2) is 0 Å². The Morgan fingerprint density at radius 3 is 2.62 bits per heavy atom. The molecule has 8 nitrogen and oxygen atoms in total. The fraction of sp³-hybridized carbons (Fsp3) is 0.667. The van der Waals surface area contributed by atoms with Gasteiger partial charge in [0, 0.05) is 38.2 Å². The number of carbonyl (C=O) groups is 2. The summed E-state index contributed by atoms with van der Waals surface area (Å²) in [6.07, 6.45) is 8.55. The average Bonchev–Trinajstić information content (AvgIpc) is 2.62. The molecule has 3 rings (SSSR count). The van der Waals surface area contributed by atoms with E-state index >= 15 is 0 Å². The Morgan fingerprint density at radius 2 is 1.96 bits per heavy atom. The Bertz CT molecular complexity index is 658. The van der Waals surface area contributed by atoms with Crippen LogP contribution in [0.1, 0.15) is 61.7 Å². The van der Waals surface area contributed by atoms with Gasteiger partial charge in [0.25, 0.3) is 5.91 Å². The van der Waals surface area contributed by atoms with E-state index in [2.05, 4.69) is 20.6 Å². The van der Waals surface area contributed by atoms with Crippen LogP contribution >= 0.6 is 0 Å². The number of ether oxygens (including phenoxy) is 1. The summed E-state index contributed by atoms with van der Waals surface area (Å²) in [4.78, 5) is 32.1. The molecule has 1 atom stereocenters. The predicted molar refractivity (Wildman–Crippen MR) is 98.1 cm³/mol. The van der Waals surface area contributed by atoms with Gasteiger partial charge in [0.2, 0.25) is 5.95 Å². The van der Waals surface area contributed by atoms with Gasteiger partial charge in [0.1, 0.15) is 11.6 Å². The van der Waals surface area contributed by atoms with E-state index in [4.69, 9.17) is 10.5 Å². The third-order valence-electron chi connectivity index (χ3n) is 5.22. The van der Waals surface area contributed by atoms with Crippen molar-refractivity contribution < 1.29 is 14.3 Å². The van der Waals surface area contributed by atoms with Gasteiger partial charge in [0.05, 0.1) is 11.7 Å². The van der Waals surface area contributed by atoms with Crippen molar-refractivity contribution in [1.82, 2.24) is 9.97 Å². The normalized spacial score (nSPS) is 26.3. The smallest absolute Gasteiger partial charge is 0.254 e. The van der Waals surface area contributed by atoms with Crippen LogP contribution in [-0.2, 0) is 9.53 Å². The monoisotopic (exact) mass is 361 g/mol. The number of Topliss-reactive ketones (excluding diaryl/α,β-unsaturated/α-hetero) is 1. The maximum Gasteiger partial charge on any atom is 0.254 e. The van der Waals surface area contributed by atoms with Gasteiger partial charge >= 0.3 is 0 Å². The number of amides is 1. The zero-order valence-corrected chi connectivity index (χ0v) is 15.2. The van der Waals surface area contributed by atoms with Crippen molar-refractivity contribution in [2.45, 2.75) is 69.6 Å². The van der Waals surface area contributed by atoms with E-state index in [1.807, 2.05) is 0 Å². The number of nitrogens with zero attached hydrogens (tertiary/aromatic N) is 2. The third-order valence-corrected chi connectivity index (χ3v) is 5.22. The highest BCUT2D eigenvalue weighted by Crippen LogP contribution is 2.25. The molecule has 142 valence electrons. The number of carbonyl (C=O) groups excluding carboxylic acids is 2. The molecular formula is C18H27N5O3. The first-order chi connectivity index (χ1) is 12.5. The Hall–Kier alpha value is -2.22. The Balaban J connectivity index is 1.69. The number of methoxy groups -OCH3 is 1. The topological polar surface area (TPSA) is 119 Å². The molecule has 0 aliphatic heterocycles. The van der Waals surface area contributed by atoms with Gasteiger partial charge in [-0.25, -0.2) is 4.98 Å². The van der Waals surface area contributed by atoms with E-state index < -0.39 is 5.91 Å². The van der Waals surface area contributed by atoms with Crippen LogP contribution in [0.25, 0.3) is 0 Å². The van der Waals surface area contributed by atoms with E-state index in [1.165, 1.54) is 6.20 Å². The summed E-state index contributed by atoms with van der Waals surface area (Å²) in [5.74, 6) is 0.527. The molecule has 0 bridgehead atoms. The molecule has 0 spiro atoms. The molecule has 8 heteroatoms. The highest BCUT2D eigenvalue weighted by Gasteiger charge is 2.24. The quantitative estimate of drug-likeness (QED) is 0.707. The van der Waals surface area contributed by atoms with Crippen LogP contribution in [0.15, 0.2) is 6.20 Å². The van der Waals surface area contributed by atoms with Crippen LogP contribution in [0.5, 0.6) is 0 Å². The third kappa shape index (κ3) is 4.69. The Kier molecular flexibility index (Phi) is 6.03. The zero-order chi connectivity index (χ0) is 18.5. The van der Waals surface area contributed by atoms with E-state index in [9.17, 15) is 9.59 Å². The van der Waals surface area contributed by atoms with Crippen molar-refractivity contribution in [2.24, 2.45) is 5.73 Å². The molecular weight excluding hydrogens is 334 g/mol. The highest BCUT2D eigenvalue weighted by molar-refractivity contribution is 5.97. The number of nitrogens with two attached hydrogens (primary N) is 1.